The van der Waals surface area contributed by atoms with Crippen LogP contribution in [0.2, 0.25) is 0 Å². The minimum Gasteiger partial charge on any atom is -0.504 e. The van der Waals surface area contributed by atoms with Crippen LogP contribution in [0.4, 0.5) is 0 Å². The summed E-state index contributed by atoms with van der Waals surface area (Å²) >= 11 is 0. The summed E-state index contributed by atoms with van der Waals surface area (Å²) in [6, 6.07) is 0. The van der Waals surface area contributed by atoms with E-state index in [1.165, 1.54) is 0 Å². The second-order valence-electron chi connectivity index (χ2n) is 4.10. The number of aromatic nitrogens is 2. The lowest BCUT2D eigenvalue weighted by Crippen LogP contribution is -2.24. The van der Waals surface area contributed by atoms with Gasteiger partial charge in [0.05, 0.1) is 11.2 Å². The number of hydrogen-bond donors (Lipinski definition) is 1. The van der Waals surface area contributed by atoms with Crippen LogP contribution in [0.25, 0.3) is 0 Å². The molecule has 1 aromatic heterocycles. The van der Waals surface area contributed by atoms with Gasteiger partial charge in [-0.15, -0.1) is 0 Å². The van der Waals surface area contributed by atoms with E-state index >= 15 is 0 Å². The van der Waals surface area contributed by atoms with Gasteiger partial charge >= 0.3 is 0 Å². The van der Waals surface area contributed by atoms with Crippen molar-refractivity contribution in [2.45, 2.75) is 40.2 Å². The van der Waals surface area contributed by atoms with Crippen LogP contribution in [-0.4, -0.2) is 14.9 Å². The van der Waals surface area contributed by atoms with Crippen molar-refractivity contribution in [1.29, 1.82) is 0 Å². The van der Waals surface area contributed by atoms with Crippen LogP contribution in [0, 0.1) is 13.8 Å². The normalized spacial score (nSPS) is 12.1. The van der Waals surface area contributed by atoms with Gasteiger partial charge in [0, 0.05) is 0 Å². The average Bonchev–Trinajstić information content (AvgIpc) is 2.15. The topological polar surface area (TPSA) is 38.0 Å². The van der Waals surface area contributed by atoms with Crippen molar-refractivity contribution >= 4 is 0 Å². The molecule has 0 spiro atoms. The second-order valence-corrected chi connectivity index (χ2v) is 4.10. The zero-order valence-electron chi connectivity index (χ0n) is 8.34. The molecular weight excluding hydrogens is 152 g/mol. The fourth-order valence-electron chi connectivity index (χ4n) is 1.29. The maximum Gasteiger partial charge on any atom is 0.159 e. The zero-order valence-corrected chi connectivity index (χ0v) is 8.34. The van der Waals surface area contributed by atoms with Crippen molar-refractivity contribution in [2.75, 3.05) is 0 Å². The highest BCUT2D eigenvalue weighted by atomic mass is 16.3. The molecule has 0 atom stereocenters. The number of aromatic hydroxyl groups is 1. The maximum atomic E-state index is 9.51. The fourth-order valence-corrected chi connectivity index (χ4v) is 1.29. The van der Waals surface area contributed by atoms with Crippen molar-refractivity contribution in [2.24, 2.45) is 0 Å². The van der Waals surface area contributed by atoms with Crippen molar-refractivity contribution < 1.29 is 5.11 Å². The van der Waals surface area contributed by atoms with E-state index in [1.807, 2.05) is 18.5 Å². The van der Waals surface area contributed by atoms with Crippen molar-refractivity contribution in [1.82, 2.24) is 9.78 Å². The smallest absolute Gasteiger partial charge is 0.159 e. The minimum atomic E-state index is -0.0597. The molecule has 1 heterocycles. The quantitative estimate of drug-likeness (QED) is 0.643. The van der Waals surface area contributed by atoms with Gasteiger partial charge in [-0.1, -0.05) is 0 Å². The molecule has 3 heteroatoms. The van der Waals surface area contributed by atoms with Crippen LogP contribution in [-0.2, 0) is 5.54 Å². The third kappa shape index (κ3) is 1.31. The highest BCUT2D eigenvalue weighted by Gasteiger charge is 2.19. The predicted octanol–water partition coefficient (Wildman–Crippen LogP) is 1.96. The van der Waals surface area contributed by atoms with E-state index in [2.05, 4.69) is 25.9 Å². The number of rotatable bonds is 0. The van der Waals surface area contributed by atoms with Gasteiger partial charge < -0.3 is 5.11 Å². The van der Waals surface area contributed by atoms with Gasteiger partial charge in [0.25, 0.3) is 0 Å². The van der Waals surface area contributed by atoms with E-state index in [1.54, 1.807) is 0 Å². The molecule has 0 aliphatic rings. The summed E-state index contributed by atoms with van der Waals surface area (Å²) in [6.07, 6.45) is 0. The molecule has 0 bridgehead atoms. The summed E-state index contributed by atoms with van der Waals surface area (Å²) in [5.74, 6) is 0.310. The Morgan fingerprint density at radius 3 is 1.92 bits per heavy atom. The van der Waals surface area contributed by atoms with Crippen LogP contribution in [0.5, 0.6) is 5.75 Å². The van der Waals surface area contributed by atoms with E-state index in [0.717, 1.165) is 5.69 Å². The lowest BCUT2D eigenvalue weighted by Gasteiger charge is -2.20. The predicted molar refractivity (Wildman–Crippen MR) is 48.4 cm³/mol. The van der Waals surface area contributed by atoms with Crippen molar-refractivity contribution in [3.05, 3.63) is 11.4 Å². The van der Waals surface area contributed by atoms with Crippen molar-refractivity contribution in [3.8, 4) is 5.75 Å². The standard InChI is InChI=1S/C9H16N2O/c1-6-8(12)7(2)11(10-6)9(3,4)5/h12H,1-5H3. The minimum absolute atomic E-state index is 0.0597. The van der Waals surface area contributed by atoms with Crippen molar-refractivity contribution in [3.63, 3.8) is 0 Å². The Balaban J connectivity index is 3.28. The molecule has 0 aliphatic carbocycles. The van der Waals surface area contributed by atoms with Gasteiger partial charge in [-0.2, -0.15) is 5.10 Å². The lowest BCUT2D eigenvalue weighted by atomic mass is 10.1. The van der Waals surface area contributed by atoms with Crippen LogP contribution in [0.15, 0.2) is 0 Å². The summed E-state index contributed by atoms with van der Waals surface area (Å²) in [4.78, 5) is 0. The molecule has 0 fully saturated rings. The Bertz CT molecular complexity index is 294. The SMILES string of the molecule is Cc1nn(C(C)(C)C)c(C)c1O. The Hall–Kier alpha value is -0.990. The third-order valence-electron chi connectivity index (χ3n) is 1.89. The molecule has 0 saturated carbocycles. The Labute approximate surface area is 73.0 Å². The van der Waals surface area contributed by atoms with E-state index in [0.29, 0.717) is 11.4 Å². The molecule has 0 radical (unpaired) electrons. The molecule has 1 aromatic rings. The van der Waals surface area contributed by atoms with Gasteiger partial charge in [0.15, 0.2) is 5.75 Å². The molecule has 68 valence electrons. The van der Waals surface area contributed by atoms with E-state index in [9.17, 15) is 5.11 Å². The summed E-state index contributed by atoms with van der Waals surface area (Å²) in [7, 11) is 0. The molecule has 12 heavy (non-hydrogen) atoms. The number of aryl methyl sites for hydroxylation is 1. The van der Waals surface area contributed by atoms with Crippen LogP contribution >= 0.6 is 0 Å². The summed E-state index contributed by atoms with van der Waals surface area (Å²) < 4.78 is 1.84. The molecule has 0 amide bonds. The first kappa shape index (κ1) is 9.10. The number of nitrogens with zero attached hydrogens (tertiary/aromatic N) is 2. The van der Waals surface area contributed by atoms with Gasteiger partial charge in [-0.05, 0) is 34.6 Å². The highest BCUT2D eigenvalue weighted by molar-refractivity contribution is 5.30. The molecule has 1 N–H and O–H groups in total. The molecule has 0 saturated heterocycles. The first-order chi connectivity index (χ1) is 5.34. The number of hydrogen-bond acceptors (Lipinski definition) is 2. The Morgan fingerprint density at radius 1 is 1.25 bits per heavy atom. The van der Waals surface area contributed by atoms with Crippen LogP contribution in [0.1, 0.15) is 32.2 Å². The highest BCUT2D eigenvalue weighted by Crippen LogP contribution is 2.25. The van der Waals surface area contributed by atoms with Gasteiger partial charge in [0.2, 0.25) is 0 Å². The van der Waals surface area contributed by atoms with E-state index < -0.39 is 0 Å². The van der Waals surface area contributed by atoms with Crippen LogP contribution in [0.3, 0.4) is 0 Å². The van der Waals surface area contributed by atoms with E-state index in [-0.39, 0.29) is 5.54 Å². The fraction of sp³-hybridized carbons (Fsp3) is 0.667. The van der Waals surface area contributed by atoms with Gasteiger partial charge in [-0.25, -0.2) is 0 Å². The Kier molecular flexibility index (Phi) is 1.90. The molecule has 0 aliphatic heterocycles. The van der Waals surface area contributed by atoms with E-state index in [4.69, 9.17) is 0 Å². The molecule has 0 unspecified atom stereocenters. The Morgan fingerprint density at radius 2 is 1.75 bits per heavy atom. The molecule has 0 aromatic carbocycles. The summed E-state index contributed by atoms with van der Waals surface area (Å²) in [5.41, 5.74) is 1.47. The van der Waals surface area contributed by atoms with Gasteiger partial charge in [-0.3, -0.25) is 4.68 Å². The molecule has 3 nitrogen and oxygen atoms in total. The molecular formula is C9H16N2O. The van der Waals surface area contributed by atoms with Gasteiger partial charge in [0.1, 0.15) is 5.69 Å². The third-order valence-corrected chi connectivity index (χ3v) is 1.89. The zero-order chi connectivity index (χ0) is 9.52. The largest absolute Gasteiger partial charge is 0.504 e. The maximum absolute atomic E-state index is 9.51. The summed E-state index contributed by atoms with van der Waals surface area (Å²) in [6.45, 7) is 9.87. The lowest BCUT2D eigenvalue weighted by molar-refractivity contribution is 0.343. The first-order valence-electron chi connectivity index (χ1n) is 4.09. The molecule has 1 rings (SSSR count). The second kappa shape index (κ2) is 2.51. The van der Waals surface area contributed by atoms with Crippen LogP contribution < -0.4 is 0 Å². The monoisotopic (exact) mass is 168 g/mol. The summed E-state index contributed by atoms with van der Waals surface area (Å²) in [5, 5.41) is 13.8. The average molecular weight is 168 g/mol. The first-order valence-corrected chi connectivity index (χ1v) is 4.09.